The van der Waals surface area contributed by atoms with E-state index < -0.39 is 15.8 Å². The molecular formula is C22H21FN2O5S. The molecule has 9 heteroatoms. The molecule has 3 aromatic rings. The van der Waals surface area contributed by atoms with Crippen LogP contribution in [0.5, 0.6) is 11.5 Å². The predicted molar refractivity (Wildman–Crippen MR) is 114 cm³/mol. The monoisotopic (exact) mass is 444 g/mol. The summed E-state index contributed by atoms with van der Waals surface area (Å²) in [5, 5.41) is 2.77. The molecule has 31 heavy (non-hydrogen) atoms. The van der Waals surface area contributed by atoms with Crippen molar-refractivity contribution in [1.82, 2.24) is 4.72 Å². The molecule has 0 radical (unpaired) electrons. The largest absolute Gasteiger partial charge is 0.497 e. The number of benzene rings is 3. The molecule has 0 unspecified atom stereocenters. The fourth-order valence-electron chi connectivity index (χ4n) is 2.75. The molecule has 0 aromatic heterocycles. The first kappa shape index (κ1) is 22.3. The number of amides is 1. The number of methoxy groups -OCH3 is 2. The molecule has 3 rings (SSSR count). The van der Waals surface area contributed by atoms with E-state index in [4.69, 9.17) is 9.47 Å². The molecule has 2 N–H and O–H groups in total. The second-order valence-corrected chi connectivity index (χ2v) is 8.26. The number of carbonyl (C=O) groups excluding carboxylic acids is 1. The summed E-state index contributed by atoms with van der Waals surface area (Å²) in [5.41, 5.74) is 1.54. The second kappa shape index (κ2) is 9.59. The molecule has 0 bridgehead atoms. The first-order valence-corrected chi connectivity index (χ1v) is 10.7. The third-order valence-corrected chi connectivity index (χ3v) is 5.88. The Morgan fingerprint density at radius 2 is 1.61 bits per heavy atom. The van der Waals surface area contributed by atoms with Crippen molar-refractivity contribution in [1.29, 1.82) is 0 Å². The van der Waals surface area contributed by atoms with Crippen molar-refractivity contribution in [3.8, 4) is 11.5 Å². The maximum absolute atomic E-state index is 13.0. The molecule has 0 aliphatic carbocycles. The van der Waals surface area contributed by atoms with Crippen LogP contribution in [0.15, 0.2) is 71.6 Å². The Morgan fingerprint density at radius 3 is 2.23 bits per heavy atom. The Balaban J connectivity index is 1.64. The third kappa shape index (κ3) is 5.59. The molecule has 0 fully saturated rings. The van der Waals surface area contributed by atoms with Crippen molar-refractivity contribution in [2.45, 2.75) is 11.4 Å². The summed E-state index contributed by atoms with van der Waals surface area (Å²) in [5.74, 6) is 0.198. The van der Waals surface area contributed by atoms with Gasteiger partial charge in [0.15, 0.2) is 0 Å². The predicted octanol–water partition coefficient (Wildman–Crippen LogP) is 3.57. The van der Waals surface area contributed by atoms with E-state index in [1.54, 1.807) is 42.5 Å². The quantitative estimate of drug-likeness (QED) is 0.554. The highest BCUT2D eigenvalue weighted by Gasteiger charge is 2.14. The zero-order valence-corrected chi connectivity index (χ0v) is 17.7. The topological polar surface area (TPSA) is 93.7 Å². The molecule has 0 aliphatic heterocycles. The van der Waals surface area contributed by atoms with E-state index in [0.717, 1.165) is 12.1 Å². The zero-order valence-electron chi connectivity index (χ0n) is 16.9. The van der Waals surface area contributed by atoms with Gasteiger partial charge in [-0.3, -0.25) is 4.79 Å². The number of halogens is 1. The normalized spacial score (nSPS) is 11.1. The van der Waals surface area contributed by atoms with Gasteiger partial charge in [0, 0.05) is 18.2 Å². The fourth-order valence-corrected chi connectivity index (χ4v) is 3.76. The lowest BCUT2D eigenvalue weighted by Crippen LogP contribution is -2.23. The highest BCUT2D eigenvalue weighted by Crippen LogP contribution is 2.29. The van der Waals surface area contributed by atoms with Crippen molar-refractivity contribution in [3.05, 3.63) is 83.7 Å². The SMILES string of the molecule is COc1ccc(NC(=O)c2ccc(CNS(=O)(=O)c3ccc(F)cc3)cc2)c(OC)c1. The van der Waals surface area contributed by atoms with Crippen molar-refractivity contribution >= 4 is 21.6 Å². The summed E-state index contributed by atoms with van der Waals surface area (Å²) in [7, 11) is -0.748. The number of anilines is 1. The summed E-state index contributed by atoms with van der Waals surface area (Å²) in [6.45, 7) is 0.0217. The van der Waals surface area contributed by atoms with Gasteiger partial charge in [-0.2, -0.15) is 0 Å². The van der Waals surface area contributed by atoms with Gasteiger partial charge in [0.1, 0.15) is 17.3 Å². The van der Waals surface area contributed by atoms with Gasteiger partial charge in [-0.25, -0.2) is 17.5 Å². The van der Waals surface area contributed by atoms with E-state index in [1.165, 1.54) is 26.4 Å². The van der Waals surface area contributed by atoms with Crippen LogP contribution in [0.2, 0.25) is 0 Å². The molecule has 0 atom stereocenters. The van der Waals surface area contributed by atoms with Gasteiger partial charge in [-0.1, -0.05) is 12.1 Å². The van der Waals surface area contributed by atoms with Gasteiger partial charge in [0.25, 0.3) is 5.91 Å². The zero-order chi connectivity index (χ0) is 22.4. The van der Waals surface area contributed by atoms with Crippen LogP contribution in [0.1, 0.15) is 15.9 Å². The number of carbonyl (C=O) groups is 1. The highest BCUT2D eigenvalue weighted by molar-refractivity contribution is 7.89. The molecule has 0 saturated carbocycles. The minimum atomic E-state index is -3.78. The Kier molecular flexibility index (Phi) is 6.88. The first-order valence-electron chi connectivity index (χ1n) is 9.20. The summed E-state index contributed by atoms with van der Waals surface area (Å²) >= 11 is 0. The average Bonchev–Trinajstić information content (AvgIpc) is 2.78. The van der Waals surface area contributed by atoms with Crippen LogP contribution in [0.4, 0.5) is 10.1 Å². The van der Waals surface area contributed by atoms with Crippen LogP contribution in [-0.4, -0.2) is 28.5 Å². The van der Waals surface area contributed by atoms with E-state index in [0.29, 0.717) is 28.3 Å². The van der Waals surface area contributed by atoms with Gasteiger partial charge in [0.2, 0.25) is 10.0 Å². The number of hydrogen-bond acceptors (Lipinski definition) is 5. The summed E-state index contributed by atoms with van der Waals surface area (Å²) in [6, 6.07) is 16.1. The molecular weight excluding hydrogens is 423 g/mol. The molecule has 7 nitrogen and oxygen atoms in total. The molecule has 3 aromatic carbocycles. The van der Waals surface area contributed by atoms with E-state index in [-0.39, 0.29) is 17.3 Å². The first-order chi connectivity index (χ1) is 14.8. The summed E-state index contributed by atoms with van der Waals surface area (Å²) < 4.78 is 50.4. The Hall–Kier alpha value is -3.43. The van der Waals surface area contributed by atoms with E-state index in [1.807, 2.05) is 0 Å². The standard InChI is InChI=1S/C22H21FN2O5S/c1-29-18-9-12-20(21(13-18)30-2)25-22(26)16-5-3-15(4-6-16)14-24-31(27,28)19-10-7-17(23)8-11-19/h3-13,24H,14H2,1-2H3,(H,25,26). The number of nitrogens with one attached hydrogen (secondary N) is 2. The minimum Gasteiger partial charge on any atom is -0.497 e. The lowest BCUT2D eigenvalue weighted by Gasteiger charge is -2.12. The van der Waals surface area contributed by atoms with Crippen molar-refractivity contribution in [3.63, 3.8) is 0 Å². The van der Waals surface area contributed by atoms with Crippen molar-refractivity contribution in [2.24, 2.45) is 0 Å². The van der Waals surface area contributed by atoms with E-state index in [9.17, 15) is 17.6 Å². The maximum Gasteiger partial charge on any atom is 0.255 e. The average molecular weight is 444 g/mol. The molecule has 1 amide bonds. The van der Waals surface area contributed by atoms with Gasteiger partial charge < -0.3 is 14.8 Å². The third-order valence-electron chi connectivity index (χ3n) is 4.46. The smallest absolute Gasteiger partial charge is 0.255 e. The molecule has 0 aliphatic rings. The number of ether oxygens (including phenoxy) is 2. The molecule has 0 saturated heterocycles. The number of hydrogen-bond donors (Lipinski definition) is 2. The summed E-state index contributed by atoms with van der Waals surface area (Å²) in [6.07, 6.45) is 0. The van der Waals surface area contributed by atoms with Crippen LogP contribution in [-0.2, 0) is 16.6 Å². The molecule has 0 heterocycles. The Morgan fingerprint density at radius 1 is 0.935 bits per heavy atom. The van der Waals surface area contributed by atoms with Gasteiger partial charge in [-0.15, -0.1) is 0 Å². The van der Waals surface area contributed by atoms with Crippen LogP contribution < -0.4 is 19.5 Å². The van der Waals surface area contributed by atoms with Crippen molar-refractivity contribution < 1.29 is 27.1 Å². The van der Waals surface area contributed by atoms with E-state index >= 15 is 0 Å². The fraction of sp³-hybridized carbons (Fsp3) is 0.136. The Bertz CT molecular complexity index is 1160. The molecule has 0 spiro atoms. The lowest BCUT2D eigenvalue weighted by atomic mass is 10.1. The summed E-state index contributed by atoms with van der Waals surface area (Å²) in [4.78, 5) is 12.5. The second-order valence-electron chi connectivity index (χ2n) is 6.50. The van der Waals surface area contributed by atoms with Gasteiger partial charge in [-0.05, 0) is 54.1 Å². The minimum absolute atomic E-state index is 0.0217. The van der Waals surface area contributed by atoms with Crippen LogP contribution in [0.25, 0.3) is 0 Å². The molecule has 162 valence electrons. The maximum atomic E-state index is 13.0. The van der Waals surface area contributed by atoms with Crippen LogP contribution >= 0.6 is 0 Å². The number of sulfonamides is 1. The van der Waals surface area contributed by atoms with Gasteiger partial charge >= 0.3 is 0 Å². The Labute approximate surface area is 179 Å². The number of rotatable bonds is 8. The van der Waals surface area contributed by atoms with Crippen LogP contribution in [0.3, 0.4) is 0 Å². The van der Waals surface area contributed by atoms with Crippen molar-refractivity contribution in [2.75, 3.05) is 19.5 Å². The lowest BCUT2D eigenvalue weighted by molar-refractivity contribution is 0.102. The van der Waals surface area contributed by atoms with Crippen LogP contribution in [0, 0.1) is 5.82 Å². The van der Waals surface area contributed by atoms with E-state index in [2.05, 4.69) is 10.0 Å². The van der Waals surface area contributed by atoms with Gasteiger partial charge in [0.05, 0.1) is 24.8 Å². The highest BCUT2D eigenvalue weighted by atomic mass is 32.2.